The maximum atomic E-state index is 11.6. The first-order valence-electron chi connectivity index (χ1n) is 5.20. The van der Waals surface area contributed by atoms with E-state index in [1.54, 1.807) is 0 Å². The quantitative estimate of drug-likeness (QED) is 0.701. The Balaban J connectivity index is 2.21. The smallest absolute Gasteiger partial charge is 0.222 e. The maximum Gasteiger partial charge on any atom is 0.222 e. The van der Waals surface area contributed by atoms with Crippen molar-refractivity contribution in [1.29, 1.82) is 0 Å². The van der Waals surface area contributed by atoms with E-state index in [-0.39, 0.29) is 12.5 Å². The summed E-state index contributed by atoms with van der Waals surface area (Å²) in [5, 5.41) is 8.60. The summed E-state index contributed by atoms with van der Waals surface area (Å²) in [6.07, 6.45) is 3.25. The highest BCUT2D eigenvalue weighted by Gasteiger charge is 2.23. The van der Waals surface area contributed by atoms with Crippen molar-refractivity contribution >= 4 is 17.7 Å². The molecule has 0 bridgehead atoms. The molecule has 0 spiro atoms. The average molecular weight is 217 g/mol. The highest BCUT2D eigenvalue weighted by atomic mass is 32.2. The summed E-state index contributed by atoms with van der Waals surface area (Å²) < 4.78 is 0. The van der Waals surface area contributed by atoms with Crippen LogP contribution in [-0.4, -0.2) is 47.1 Å². The van der Waals surface area contributed by atoms with Gasteiger partial charge in [-0.1, -0.05) is 0 Å². The lowest BCUT2D eigenvalue weighted by Gasteiger charge is -2.23. The van der Waals surface area contributed by atoms with Crippen molar-refractivity contribution in [3.05, 3.63) is 0 Å². The van der Waals surface area contributed by atoms with Crippen molar-refractivity contribution in [3.63, 3.8) is 0 Å². The van der Waals surface area contributed by atoms with Crippen LogP contribution in [0.2, 0.25) is 0 Å². The zero-order valence-electron chi connectivity index (χ0n) is 8.74. The van der Waals surface area contributed by atoms with Gasteiger partial charge in [-0.05, 0) is 25.0 Å². The molecule has 0 aromatic carbocycles. The van der Waals surface area contributed by atoms with Gasteiger partial charge in [-0.2, -0.15) is 11.8 Å². The molecule has 0 aliphatic carbocycles. The predicted octanol–water partition coefficient (Wildman–Crippen LogP) is 1.11. The minimum Gasteiger partial charge on any atom is -0.396 e. The Morgan fingerprint density at radius 3 is 2.93 bits per heavy atom. The van der Waals surface area contributed by atoms with E-state index in [4.69, 9.17) is 5.11 Å². The van der Waals surface area contributed by atoms with Crippen LogP contribution < -0.4 is 0 Å². The highest BCUT2D eigenvalue weighted by molar-refractivity contribution is 7.99. The predicted molar refractivity (Wildman–Crippen MR) is 59.4 cm³/mol. The van der Waals surface area contributed by atoms with E-state index in [1.807, 2.05) is 23.7 Å². The largest absolute Gasteiger partial charge is 0.396 e. The minimum atomic E-state index is 0.191. The van der Waals surface area contributed by atoms with Gasteiger partial charge in [-0.3, -0.25) is 4.79 Å². The molecule has 1 heterocycles. The van der Waals surface area contributed by atoms with Gasteiger partial charge in [-0.25, -0.2) is 0 Å². The molecule has 82 valence electrons. The van der Waals surface area contributed by atoms with Gasteiger partial charge in [0.2, 0.25) is 5.91 Å². The van der Waals surface area contributed by atoms with Crippen LogP contribution >= 0.6 is 11.8 Å². The molecule has 1 amide bonds. The fraction of sp³-hybridized carbons (Fsp3) is 0.900. The molecule has 4 heteroatoms. The van der Waals surface area contributed by atoms with Crippen LogP contribution in [0, 0.1) is 0 Å². The molecule has 0 radical (unpaired) electrons. The standard InChI is InChI=1S/C10H19NO2S/c1-11(9-5-7-14-8-9)10(13)4-2-3-6-12/h9,12H,2-8H2,1H3. The summed E-state index contributed by atoms with van der Waals surface area (Å²) in [5.74, 6) is 2.49. The molecule has 0 aromatic heterocycles. The molecule has 14 heavy (non-hydrogen) atoms. The Labute approximate surface area is 89.9 Å². The van der Waals surface area contributed by atoms with Crippen molar-refractivity contribution in [3.8, 4) is 0 Å². The van der Waals surface area contributed by atoms with Gasteiger partial charge in [-0.15, -0.1) is 0 Å². The van der Waals surface area contributed by atoms with Crippen molar-refractivity contribution < 1.29 is 9.90 Å². The molecular weight excluding hydrogens is 198 g/mol. The number of aliphatic hydroxyl groups excluding tert-OH is 1. The molecule has 0 aromatic rings. The van der Waals surface area contributed by atoms with Gasteiger partial charge >= 0.3 is 0 Å². The molecule has 1 atom stereocenters. The van der Waals surface area contributed by atoms with Gasteiger partial charge in [0.1, 0.15) is 0 Å². The normalized spacial score (nSPS) is 21.1. The van der Waals surface area contributed by atoms with Crippen LogP contribution in [0.3, 0.4) is 0 Å². The Kier molecular flexibility index (Phi) is 5.33. The minimum absolute atomic E-state index is 0.191. The number of amides is 1. The zero-order chi connectivity index (χ0) is 10.4. The second kappa shape index (κ2) is 6.30. The van der Waals surface area contributed by atoms with Crippen molar-refractivity contribution in [1.82, 2.24) is 4.90 Å². The average Bonchev–Trinajstić information content (AvgIpc) is 2.69. The third kappa shape index (κ3) is 3.50. The van der Waals surface area contributed by atoms with Crippen LogP contribution in [0.25, 0.3) is 0 Å². The first-order chi connectivity index (χ1) is 6.75. The van der Waals surface area contributed by atoms with Crippen LogP contribution in [0.1, 0.15) is 25.7 Å². The van der Waals surface area contributed by atoms with Gasteiger partial charge in [0, 0.05) is 31.9 Å². The second-order valence-electron chi connectivity index (χ2n) is 3.70. The number of rotatable bonds is 5. The van der Waals surface area contributed by atoms with Crippen molar-refractivity contribution in [2.75, 3.05) is 25.2 Å². The molecule has 0 saturated carbocycles. The van der Waals surface area contributed by atoms with Crippen LogP contribution in [0.4, 0.5) is 0 Å². The van der Waals surface area contributed by atoms with E-state index in [1.165, 1.54) is 5.75 Å². The molecule has 1 rings (SSSR count). The van der Waals surface area contributed by atoms with E-state index in [9.17, 15) is 4.79 Å². The first-order valence-corrected chi connectivity index (χ1v) is 6.35. The van der Waals surface area contributed by atoms with Crippen LogP contribution in [-0.2, 0) is 4.79 Å². The molecule has 1 N–H and O–H groups in total. The van der Waals surface area contributed by atoms with Crippen molar-refractivity contribution in [2.45, 2.75) is 31.7 Å². The number of thioether (sulfide) groups is 1. The summed E-state index contributed by atoms with van der Waals surface area (Å²) in [6, 6.07) is 0.446. The highest BCUT2D eigenvalue weighted by Crippen LogP contribution is 2.21. The van der Waals surface area contributed by atoms with Gasteiger partial charge in [0.25, 0.3) is 0 Å². The molecule has 1 saturated heterocycles. The second-order valence-corrected chi connectivity index (χ2v) is 4.85. The third-order valence-electron chi connectivity index (χ3n) is 2.65. The summed E-state index contributed by atoms with van der Waals surface area (Å²) in [4.78, 5) is 13.5. The Hall–Kier alpha value is -0.220. The lowest BCUT2D eigenvalue weighted by atomic mass is 10.2. The van der Waals surface area contributed by atoms with E-state index in [0.717, 1.165) is 25.0 Å². The van der Waals surface area contributed by atoms with Crippen molar-refractivity contribution in [2.24, 2.45) is 0 Å². The fourth-order valence-electron chi connectivity index (χ4n) is 1.60. The number of nitrogens with zero attached hydrogens (tertiary/aromatic N) is 1. The number of carbonyl (C=O) groups excluding carboxylic acids is 1. The monoisotopic (exact) mass is 217 g/mol. The van der Waals surface area contributed by atoms with E-state index < -0.39 is 0 Å². The summed E-state index contributed by atoms with van der Waals surface area (Å²) in [7, 11) is 1.90. The Bertz CT molecular complexity index is 181. The van der Waals surface area contributed by atoms with Crippen LogP contribution in [0.15, 0.2) is 0 Å². The maximum absolute atomic E-state index is 11.6. The fourth-order valence-corrected chi connectivity index (χ4v) is 2.86. The molecule has 3 nitrogen and oxygen atoms in total. The lowest BCUT2D eigenvalue weighted by Crippen LogP contribution is -2.36. The van der Waals surface area contributed by atoms with Gasteiger partial charge in [0.15, 0.2) is 0 Å². The third-order valence-corrected chi connectivity index (χ3v) is 3.79. The topological polar surface area (TPSA) is 40.5 Å². The summed E-state index contributed by atoms with van der Waals surface area (Å²) in [5.41, 5.74) is 0. The van der Waals surface area contributed by atoms with E-state index in [2.05, 4.69) is 0 Å². The summed E-state index contributed by atoms with van der Waals surface area (Å²) >= 11 is 1.92. The number of unbranched alkanes of at least 4 members (excludes halogenated alkanes) is 1. The van der Waals surface area contributed by atoms with E-state index >= 15 is 0 Å². The van der Waals surface area contributed by atoms with Crippen LogP contribution in [0.5, 0.6) is 0 Å². The zero-order valence-corrected chi connectivity index (χ0v) is 9.55. The molecule has 1 fully saturated rings. The number of hydrogen-bond acceptors (Lipinski definition) is 3. The number of hydrogen-bond donors (Lipinski definition) is 1. The lowest BCUT2D eigenvalue weighted by molar-refractivity contribution is -0.131. The number of carbonyl (C=O) groups is 1. The Morgan fingerprint density at radius 2 is 2.36 bits per heavy atom. The molecule has 1 unspecified atom stereocenters. The number of aliphatic hydroxyl groups is 1. The van der Waals surface area contributed by atoms with Gasteiger partial charge in [0.05, 0.1) is 0 Å². The van der Waals surface area contributed by atoms with E-state index in [0.29, 0.717) is 12.5 Å². The summed E-state index contributed by atoms with van der Waals surface area (Å²) in [6.45, 7) is 0.191. The van der Waals surface area contributed by atoms with Gasteiger partial charge < -0.3 is 10.0 Å². The first kappa shape index (κ1) is 11.9. The molecular formula is C10H19NO2S. The molecule has 1 aliphatic heterocycles. The SMILES string of the molecule is CN(C(=O)CCCCO)C1CCSC1. The Morgan fingerprint density at radius 1 is 1.57 bits per heavy atom. The molecule has 1 aliphatic rings.